The molecule has 8 heteroatoms. The highest BCUT2D eigenvalue weighted by Gasteiger charge is 2.13. The Morgan fingerprint density at radius 1 is 1.07 bits per heavy atom. The highest BCUT2D eigenvalue weighted by molar-refractivity contribution is 5.96. The predicted octanol–water partition coefficient (Wildman–Crippen LogP) is 7.83. The average Bonchev–Trinajstić information content (AvgIpc) is 3.00. The van der Waals surface area contributed by atoms with Gasteiger partial charge in [0.15, 0.2) is 5.78 Å². The maximum atomic E-state index is 9.69. The lowest BCUT2D eigenvalue weighted by Gasteiger charge is -2.17. The van der Waals surface area contributed by atoms with Crippen LogP contribution in [0.5, 0.6) is 11.5 Å². The van der Waals surface area contributed by atoms with Crippen LogP contribution in [0.15, 0.2) is 60.4 Å². The summed E-state index contributed by atoms with van der Waals surface area (Å²) >= 11 is 0. The molecule has 3 aromatic rings. The smallest absolute Gasteiger partial charge is 0.152 e. The van der Waals surface area contributed by atoms with E-state index in [0.29, 0.717) is 13.2 Å². The first-order valence-corrected chi connectivity index (χ1v) is 14.9. The molecule has 0 saturated carbocycles. The van der Waals surface area contributed by atoms with Gasteiger partial charge in [0.25, 0.3) is 0 Å². The minimum Gasteiger partial charge on any atom is -0.493 e. The van der Waals surface area contributed by atoms with Crippen LogP contribution in [0.4, 0.5) is 11.5 Å². The average molecular weight is 590 g/mol. The van der Waals surface area contributed by atoms with Crippen molar-refractivity contribution in [3.8, 4) is 11.5 Å². The van der Waals surface area contributed by atoms with E-state index >= 15 is 0 Å². The van der Waals surface area contributed by atoms with Crippen molar-refractivity contribution in [3.05, 3.63) is 72.1 Å². The molecule has 234 valence electrons. The van der Waals surface area contributed by atoms with Crippen LogP contribution in [-0.2, 0) is 4.79 Å². The van der Waals surface area contributed by atoms with Crippen molar-refractivity contribution in [2.75, 3.05) is 46.2 Å². The molecule has 0 radical (unpaired) electrons. The summed E-state index contributed by atoms with van der Waals surface area (Å²) in [4.78, 5) is 25.2. The predicted molar refractivity (Wildman–Crippen MR) is 183 cm³/mol. The molecule has 0 saturated heterocycles. The van der Waals surface area contributed by atoms with Crippen LogP contribution in [0.3, 0.4) is 0 Å². The first-order chi connectivity index (χ1) is 20.6. The van der Waals surface area contributed by atoms with Gasteiger partial charge in [-0.3, -0.25) is 9.79 Å². The second-order valence-electron chi connectivity index (χ2n) is 9.98. The number of anilines is 2. The minimum absolute atomic E-state index is 0.0185. The SMILES string of the molecule is C=CC(C)=O.CC.CC/C=C\C(COc1ccc(Nc2ncnc3cc(OCCCN(C)C)c(C)cc23)c(C)c1C)=NC. The highest BCUT2D eigenvalue weighted by Crippen LogP contribution is 2.33. The number of allylic oxidation sites excluding steroid dienone is 2. The Labute approximate surface area is 258 Å². The van der Waals surface area contributed by atoms with Gasteiger partial charge in [0.1, 0.15) is 30.3 Å². The van der Waals surface area contributed by atoms with Crippen molar-refractivity contribution < 1.29 is 14.3 Å². The number of hydrogen-bond acceptors (Lipinski definition) is 8. The van der Waals surface area contributed by atoms with Gasteiger partial charge < -0.3 is 19.7 Å². The molecule has 0 aliphatic rings. The van der Waals surface area contributed by atoms with Gasteiger partial charge >= 0.3 is 0 Å². The minimum atomic E-state index is 0.0185. The zero-order valence-electron chi connectivity index (χ0n) is 27.9. The quantitative estimate of drug-likeness (QED) is 0.123. The van der Waals surface area contributed by atoms with Crippen molar-refractivity contribution >= 4 is 33.9 Å². The van der Waals surface area contributed by atoms with Crippen molar-refractivity contribution in [3.63, 3.8) is 0 Å². The number of nitrogens with zero attached hydrogens (tertiary/aromatic N) is 4. The number of nitrogens with one attached hydrogen (secondary N) is 1. The first kappa shape index (κ1) is 37.0. The topological polar surface area (TPSA) is 88.9 Å². The molecule has 1 aromatic heterocycles. The largest absolute Gasteiger partial charge is 0.493 e. The third kappa shape index (κ3) is 12.4. The van der Waals surface area contributed by atoms with Crippen LogP contribution in [0, 0.1) is 20.8 Å². The Balaban J connectivity index is 0.00000120. The normalized spacial score (nSPS) is 11.0. The van der Waals surface area contributed by atoms with Crippen LogP contribution in [0.2, 0.25) is 0 Å². The molecule has 0 aliphatic heterocycles. The van der Waals surface area contributed by atoms with E-state index in [1.807, 2.05) is 38.1 Å². The van der Waals surface area contributed by atoms with E-state index < -0.39 is 0 Å². The molecule has 2 aromatic carbocycles. The Kier molecular flexibility index (Phi) is 17.2. The number of aliphatic imine (C=N–C) groups is 1. The summed E-state index contributed by atoms with van der Waals surface area (Å²) < 4.78 is 12.1. The summed E-state index contributed by atoms with van der Waals surface area (Å²) in [5, 5.41) is 4.47. The number of ketones is 1. The lowest BCUT2D eigenvalue weighted by Crippen LogP contribution is -2.15. The molecular formula is C35H51N5O3. The summed E-state index contributed by atoms with van der Waals surface area (Å²) in [6, 6.07) is 8.12. The highest BCUT2D eigenvalue weighted by atomic mass is 16.5. The molecule has 43 heavy (non-hydrogen) atoms. The summed E-state index contributed by atoms with van der Waals surface area (Å²) in [6.07, 6.45) is 8.91. The number of ether oxygens (including phenoxy) is 2. The summed E-state index contributed by atoms with van der Waals surface area (Å²) in [5.74, 6) is 2.50. The molecule has 1 N–H and O–H groups in total. The molecule has 0 spiro atoms. The summed E-state index contributed by atoms with van der Waals surface area (Å²) in [6.45, 7) is 19.1. The van der Waals surface area contributed by atoms with Crippen LogP contribution in [0.1, 0.15) is 57.2 Å². The fourth-order valence-electron chi connectivity index (χ4n) is 3.82. The maximum Gasteiger partial charge on any atom is 0.152 e. The second-order valence-corrected chi connectivity index (χ2v) is 9.98. The zero-order chi connectivity index (χ0) is 32.4. The Bertz CT molecular complexity index is 1380. The van der Waals surface area contributed by atoms with Gasteiger partial charge in [-0.25, -0.2) is 9.97 Å². The van der Waals surface area contributed by atoms with Gasteiger partial charge in [-0.15, -0.1) is 0 Å². The number of rotatable bonds is 13. The number of aromatic nitrogens is 2. The van der Waals surface area contributed by atoms with Gasteiger partial charge in [0.05, 0.1) is 17.8 Å². The van der Waals surface area contributed by atoms with Crippen molar-refractivity contribution in [1.82, 2.24) is 14.9 Å². The van der Waals surface area contributed by atoms with Gasteiger partial charge in [-0.05, 0) is 102 Å². The standard InChI is InChI=1S/C29H39N5O2.C4H6O.C2H6/c1-8-9-11-23(30-5)18-36-27-13-12-25(21(3)22(27)4)33-29-24-16-20(2)28(17-26(24)31-19-32-29)35-15-10-14-34(6)7;1-3-4(2)5;1-2/h9,11-13,16-17,19H,8,10,14-15,18H2,1-7H3,(H,31,32,33);3H,1H2,2H3;1-2H3/b11-9-,30-23?;;. The Morgan fingerprint density at radius 3 is 2.37 bits per heavy atom. The number of aryl methyl sites for hydroxylation is 1. The number of fused-ring (bicyclic) bond motifs is 1. The van der Waals surface area contributed by atoms with E-state index in [-0.39, 0.29) is 5.78 Å². The van der Waals surface area contributed by atoms with E-state index in [1.165, 1.54) is 13.0 Å². The third-order valence-corrected chi connectivity index (χ3v) is 6.43. The fourth-order valence-corrected chi connectivity index (χ4v) is 3.82. The summed E-state index contributed by atoms with van der Waals surface area (Å²) in [5.41, 5.74) is 6.00. The molecule has 0 bridgehead atoms. The van der Waals surface area contributed by atoms with Crippen LogP contribution >= 0.6 is 0 Å². The first-order valence-electron chi connectivity index (χ1n) is 14.9. The molecular weight excluding hydrogens is 538 g/mol. The van der Waals surface area contributed by atoms with Gasteiger partial charge in [0.2, 0.25) is 0 Å². The Morgan fingerprint density at radius 2 is 1.77 bits per heavy atom. The summed E-state index contributed by atoms with van der Waals surface area (Å²) in [7, 11) is 5.93. The third-order valence-electron chi connectivity index (χ3n) is 6.43. The van der Waals surface area contributed by atoms with E-state index in [9.17, 15) is 4.79 Å². The lowest BCUT2D eigenvalue weighted by atomic mass is 10.1. The van der Waals surface area contributed by atoms with E-state index in [1.54, 1.807) is 13.4 Å². The number of hydrogen-bond donors (Lipinski definition) is 1. The molecule has 0 unspecified atom stereocenters. The van der Waals surface area contributed by atoms with Gasteiger partial charge in [-0.1, -0.05) is 33.4 Å². The van der Waals surface area contributed by atoms with Crippen molar-refractivity contribution in [2.45, 2.75) is 61.3 Å². The lowest BCUT2D eigenvalue weighted by molar-refractivity contribution is -0.112. The van der Waals surface area contributed by atoms with E-state index in [0.717, 1.165) is 75.7 Å². The van der Waals surface area contributed by atoms with Crippen molar-refractivity contribution in [2.24, 2.45) is 4.99 Å². The van der Waals surface area contributed by atoms with E-state index in [4.69, 9.17) is 9.47 Å². The number of carbonyl (C=O) groups is 1. The monoisotopic (exact) mass is 589 g/mol. The number of benzene rings is 2. The van der Waals surface area contributed by atoms with Crippen LogP contribution in [-0.4, -0.2) is 67.3 Å². The maximum absolute atomic E-state index is 9.69. The fraction of sp³-hybridized carbons (Fsp3) is 0.429. The molecule has 3 rings (SSSR count). The molecule has 0 aliphatic carbocycles. The second kappa shape index (κ2) is 20.0. The van der Waals surface area contributed by atoms with Crippen LogP contribution < -0.4 is 14.8 Å². The van der Waals surface area contributed by atoms with E-state index in [2.05, 4.69) is 85.7 Å². The van der Waals surface area contributed by atoms with Crippen molar-refractivity contribution in [1.29, 1.82) is 0 Å². The Hall–Kier alpha value is -4.04. The number of carbonyl (C=O) groups excluding carboxylic acids is 1. The van der Waals surface area contributed by atoms with Gasteiger partial charge in [0, 0.05) is 30.7 Å². The molecule has 0 fully saturated rings. The molecule has 8 nitrogen and oxygen atoms in total. The van der Waals surface area contributed by atoms with Gasteiger partial charge in [-0.2, -0.15) is 0 Å². The molecule has 0 amide bonds. The molecule has 1 heterocycles. The molecule has 0 atom stereocenters. The zero-order valence-corrected chi connectivity index (χ0v) is 27.9. The van der Waals surface area contributed by atoms with Crippen LogP contribution in [0.25, 0.3) is 10.9 Å².